The lowest BCUT2D eigenvalue weighted by Gasteiger charge is -2.35. The Labute approximate surface area is 139 Å². The maximum atomic E-state index is 12.9. The first-order valence-corrected chi connectivity index (χ1v) is 8.65. The molecule has 3 atom stereocenters. The van der Waals surface area contributed by atoms with Crippen LogP contribution in [0.1, 0.15) is 33.6 Å². The van der Waals surface area contributed by atoms with E-state index < -0.39 is 28.0 Å². The zero-order valence-corrected chi connectivity index (χ0v) is 14.2. The number of hydrogen-bond donors (Lipinski definition) is 1. The van der Waals surface area contributed by atoms with Crippen molar-refractivity contribution in [2.45, 2.75) is 49.7 Å². The van der Waals surface area contributed by atoms with Gasteiger partial charge >= 0.3 is 11.9 Å². The summed E-state index contributed by atoms with van der Waals surface area (Å²) in [7, 11) is 0. The Morgan fingerprint density at radius 2 is 2.04 bits per heavy atom. The number of carbonyl (C=O) groups is 2. The summed E-state index contributed by atoms with van der Waals surface area (Å²) in [5.74, 6) is -0.740. The van der Waals surface area contributed by atoms with Crippen LogP contribution in [0.5, 0.6) is 0 Å². The number of para-hydroxylation sites is 1. The van der Waals surface area contributed by atoms with Crippen LogP contribution in [0.25, 0.3) is 0 Å². The van der Waals surface area contributed by atoms with Crippen molar-refractivity contribution in [3.05, 3.63) is 24.3 Å². The number of esters is 2. The standard InChI is InChI=1S/C17H19NO4S/c1-15(2)16(3)8-9-17(15,22-12(16)19)13(20)21-14-18-10-6-4-5-7-11(10)23-14/h4-7,14,18H,8-9H2,1-3H3. The minimum absolute atomic E-state index is 0.291. The first kappa shape index (κ1) is 14.9. The molecule has 2 heterocycles. The van der Waals surface area contributed by atoms with Crippen LogP contribution >= 0.6 is 11.8 Å². The Hall–Kier alpha value is -1.69. The predicted octanol–water partition coefficient (Wildman–Crippen LogP) is 3.15. The second-order valence-corrected chi connectivity index (χ2v) is 8.27. The fourth-order valence-corrected chi connectivity index (χ4v) is 4.87. The molecule has 6 heteroatoms. The molecule has 0 aromatic heterocycles. The topological polar surface area (TPSA) is 64.6 Å². The lowest BCUT2D eigenvalue weighted by atomic mass is 9.66. The van der Waals surface area contributed by atoms with Gasteiger partial charge in [0, 0.05) is 10.3 Å². The van der Waals surface area contributed by atoms with Gasteiger partial charge < -0.3 is 14.8 Å². The Balaban J connectivity index is 1.56. The number of nitrogens with one attached hydrogen (secondary N) is 1. The summed E-state index contributed by atoms with van der Waals surface area (Å²) in [6.45, 7) is 5.74. The van der Waals surface area contributed by atoms with E-state index in [1.165, 1.54) is 11.8 Å². The van der Waals surface area contributed by atoms with Crippen molar-refractivity contribution in [3.63, 3.8) is 0 Å². The van der Waals surface area contributed by atoms with Gasteiger partial charge in [0.1, 0.15) is 0 Å². The largest absolute Gasteiger partial charge is 0.446 e. The van der Waals surface area contributed by atoms with Crippen molar-refractivity contribution in [1.29, 1.82) is 0 Å². The van der Waals surface area contributed by atoms with Crippen LogP contribution in [0.3, 0.4) is 0 Å². The van der Waals surface area contributed by atoms with E-state index in [0.29, 0.717) is 12.8 Å². The van der Waals surface area contributed by atoms with E-state index in [4.69, 9.17) is 9.47 Å². The third kappa shape index (κ3) is 1.70. The quantitative estimate of drug-likeness (QED) is 0.839. The van der Waals surface area contributed by atoms with Gasteiger partial charge in [-0.2, -0.15) is 0 Å². The normalized spacial score (nSPS) is 36.3. The summed E-state index contributed by atoms with van der Waals surface area (Å²) in [6, 6.07) is 7.80. The highest BCUT2D eigenvalue weighted by Crippen LogP contribution is 2.66. The van der Waals surface area contributed by atoms with Crippen LogP contribution in [0.15, 0.2) is 29.2 Å². The molecule has 0 amide bonds. The molecule has 3 aliphatic rings. The summed E-state index contributed by atoms with van der Waals surface area (Å²) in [5, 5.41) is 3.17. The molecule has 5 nitrogen and oxygen atoms in total. The number of thioether (sulfide) groups is 1. The monoisotopic (exact) mass is 333 g/mol. The van der Waals surface area contributed by atoms with Gasteiger partial charge in [-0.25, -0.2) is 4.79 Å². The number of fused-ring (bicyclic) bond motifs is 3. The summed E-state index contributed by atoms with van der Waals surface area (Å²) >= 11 is 1.45. The maximum absolute atomic E-state index is 12.9. The van der Waals surface area contributed by atoms with E-state index in [1.54, 1.807) is 0 Å². The predicted molar refractivity (Wildman–Crippen MR) is 85.7 cm³/mol. The summed E-state index contributed by atoms with van der Waals surface area (Å²) in [6.07, 6.45) is 1.17. The van der Waals surface area contributed by atoms with E-state index in [0.717, 1.165) is 10.6 Å². The molecule has 0 radical (unpaired) electrons. The fraction of sp³-hybridized carbons (Fsp3) is 0.529. The van der Waals surface area contributed by atoms with Crippen LogP contribution in [0, 0.1) is 10.8 Å². The smallest absolute Gasteiger partial charge is 0.353 e. The van der Waals surface area contributed by atoms with Crippen molar-refractivity contribution < 1.29 is 19.1 Å². The Kier molecular flexibility index (Phi) is 2.87. The number of benzene rings is 1. The summed E-state index contributed by atoms with van der Waals surface area (Å²) < 4.78 is 11.2. The zero-order valence-electron chi connectivity index (χ0n) is 13.3. The van der Waals surface area contributed by atoms with Gasteiger partial charge in [0.2, 0.25) is 11.2 Å². The summed E-state index contributed by atoms with van der Waals surface area (Å²) in [5.41, 5.74) is -1.91. The van der Waals surface area contributed by atoms with Crippen molar-refractivity contribution in [1.82, 2.24) is 0 Å². The molecular formula is C17H19NO4S. The van der Waals surface area contributed by atoms with Gasteiger partial charge in [0.15, 0.2) is 0 Å². The van der Waals surface area contributed by atoms with E-state index in [2.05, 4.69) is 5.32 Å². The highest BCUT2D eigenvalue weighted by atomic mass is 32.2. The fourth-order valence-electron chi connectivity index (χ4n) is 3.91. The molecule has 122 valence electrons. The van der Waals surface area contributed by atoms with Crippen LogP contribution in [-0.4, -0.2) is 23.1 Å². The molecule has 1 aliphatic carbocycles. The number of ether oxygens (including phenoxy) is 2. The molecule has 1 aromatic carbocycles. The highest BCUT2D eigenvalue weighted by molar-refractivity contribution is 8.00. The van der Waals surface area contributed by atoms with E-state index in [9.17, 15) is 9.59 Å². The average molecular weight is 333 g/mol. The van der Waals surface area contributed by atoms with Gasteiger partial charge in [-0.3, -0.25) is 4.79 Å². The van der Waals surface area contributed by atoms with E-state index >= 15 is 0 Å². The third-order valence-electron chi connectivity index (χ3n) is 6.02. The maximum Gasteiger partial charge on any atom is 0.353 e. The van der Waals surface area contributed by atoms with Crippen LogP contribution in [-0.2, 0) is 19.1 Å². The van der Waals surface area contributed by atoms with E-state index in [-0.39, 0.29) is 5.97 Å². The Morgan fingerprint density at radius 1 is 1.30 bits per heavy atom. The van der Waals surface area contributed by atoms with Gasteiger partial charge in [0.25, 0.3) is 0 Å². The molecule has 23 heavy (non-hydrogen) atoms. The van der Waals surface area contributed by atoms with Crippen molar-refractivity contribution in [2.75, 3.05) is 5.32 Å². The number of hydrogen-bond acceptors (Lipinski definition) is 6. The van der Waals surface area contributed by atoms with Crippen molar-refractivity contribution >= 4 is 29.4 Å². The zero-order chi connectivity index (χ0) is 16.5. The Bertz CT molecular complexity index is 693. The van der Waals surface area contributed by atoms with Gasteiger partial charge in [0.05, 0.1) is 11.1 Å². The minimum Gasteiger partial charge on any atom is -0.446 e. The molecule has 4 rings (SSSR count). The second-order valence-electron chi connectivity index (χ2n) is 7.17. The molecule has 1 saturated carbocycles. The molecule has 2 fully saturated rings. The molecular weight excluding hydrogens is 314 g/mol. The van der Waals surface area contributed by atoms with Crippen molar-refractivity contribution in [3.8, 4) is 0 Å². The van der Waals surface area contributed by atoms with Crippen LogP contribution < -0.4 is 5.32 Å². The second kappa shape index (κ2) is 4.44. The van der Waals surface area contributed by atoms with Gasteiger partial charge in [-0.05, 0) is 31.9 Å². The average Bonchev–Trinajstić information content (AvgIpc) is 3.04. The molecule has 1 N–H and O–H groups in total. The first-order valence-electron chi connectivity index (χ1n) is 7.77. The molecule has 1 saturated heterocycles. The van der Waals surface area contributed by atoms with Crippen LogP contribution in [0.4, 0.5) is 5.69 Å². The van der Waals surface area contributed by atoms with E-state index in [1.807, 2.05) is 45.0 Å². The molecule has 1 aromatic rings. The Morgan fingerprint density at radius 3 is 2.65 bits per heavy atom. The SMILES string of the molecule is CC12CCC(C(=O)OC3Nc4ccccc4S3)(OC1=O)C2(C)C. The third-order valence-corrected chi connectivity index (χ3v) is 7.06. The van der Waals surface area contributed by atoms with Crippen LogP contribution in [0.2, 0.25) is 0 Å². The van der Waals surface area contributed by atoms with Gasteiger partial charge in [-0.1, -0.05) is 37.7 Å². The summed E-state index contributed by atoms with van der Waals surface area (Å²) in [4.78, 5) is 26.2. The lowest BCUT2D eigenvalue weighted by Crippen LogP contribution is -2.50. The molecule has 3 unspecified atom stereocenters. The highest BCUT2D eigenvalue weighted by Gasteiger charge is 2.76. The molecule has 2 aliphatic heterocycles. The molecule has 2 bridgehead atoms. The van der Waals surface area contributed by atoms with Crippen molar-refractivity contribution in [2.24, 2.45) is 10.8 Å². The molecule has 0 spiro atoms. The minimum atomic E-state index is -1.17. The number of anilines is 1. The van der Waals surface area contributed by atoms with Gasteiger partial charge in [-0.15, -0.1) is 0 Å². The number of rotatable bonds is 2. The number of carbonyl (C=O) groups excluding carboxylic acids is 2. The lowest BCUT2D eigenvalue weighted by molar-refractivity contribution is -0.183. The first-order chi connectivity index (χ1) is 10.8.